The maximum absolute atomic E-state index is 11.3. The lowest BCUT2D eigenvalue weighted by Crippen LogP contribution is -2.35. The van der Waals surface area contributed by atoms with Gasteiger partial charge in [0.05, 0.1) is 6.61 Å². The van der Waals surface area contributed by atoms with Crippen LogP contribution < -0.4 is 16.8 Å². The first kappa shape index (κ1) is 13.7. The van der Waals surface area contributed by atoms with Crippen LogP contribution in [0.25, 0.3) is 0 Å². The van der Waals surface area contributed by atoms with Crippen molar-refractivity contribution in [3.05, 3.63) is 0 Å². The number of likely N-dealkylation sites (N-methyl/N-ethyl adjacent to an activating group) is 1. The van der Waals surface area contributed by atoms with E-state index in [1.165, 1.54) is 0 Å². The van der Waals surface area contributed by atoms with Crippen LogP contribution >= 0.6 is 0 Å². The first-order chi connectivity index (χ1) is 7.11. The van der Waals surface area contributed by atoms with Gasteiger partial charge >= 0.3 is 5.97 Å². The van der Waals surface area contributed by atoms with Crippen molar-refractivity contribution in [1.82, 2.24) is 5.32 Å². The van der Waals surface area contributed by atoms with Crippen molar-refractivity contribution in [3.8, 4) is 0 Å². The SMILES string of the molecule is CCOC(=O)[C@H](CCCN=C(N)N)NC. The molecule has 88 valence electrons. The lowest BCUT2D eigenvalue weighted by Gasteiger charge is -2.13. The van der Waals surface area contributed by atoms with E-state index in [-0.39, 0.29) is 18.0 Å². The largest absolute Gasteiger partial charge is 0.465 e. The number of rotatable bonds is 7. The lowest BCUT2D eigenvalue weighted by atomic mass is 10.1. The molecule has 0 radical (unpaired) electrons. The van der Waals surface area contributed by atoms with Crippen LogP contribution in [-0.2, 0) is 9.53 Å². The van der Waals surface area contributed by atoms with Crippen LogP contribution in [-0.4, -0.2) is 38.2 Å². The van der Waals surface area contributed by atoms with Crippen molar-refractivity contribution >= 4 is 11.9 Å². The van der Waals surface area contributed by atoms with Gasteiger partial charge in [-0.15, -0.1) is 0 Å². The van der Waals surface area contributed by atoms with Crippen molar-refractivity contribution in [1.29, 1.82) is 0 Å². The summed E-state index contributed by atoms with van der Waals surface area (Å²) in [7, 11) is 1.72. The first-order valence-corrected chi connectivity index (χ1v) is 5.01. The summed E-state index contributed by atoms with van der Waals surface area (Å²) < 4.78 is 4.89. The van der Waals surface area contributed by atoms with Gasteiger partial charge in [-0.05, 0) is 26.8 Å². The van der Waals surface area contributed by atoms with Gasteiger partial charge in [0.25, 0.3) is 0 Å². The third-order valence-electron chi connectivity index (χ3n) is 1.86. The Kier molecular flexibility index (Phi) is 7.35. The zero-order chi connectivity index (χ0) is 11.7. The van der Waals surface area contributed by atoms with Crippen LogP contribution in [0, 0.1) is 0 Å². The number of ether oxygens (including phenoxy) is 1. The molecule has 1 atom stereocenters. The fourth-order valence-electron chi connectivity index (χ4n) is 1.13. The van der Waals surface area contributed by atoms with Gasteiger partial charge < -0.3 is 21.5 Å². The number of nitrogens with two attached hydrogens (primary N) is 2. The van der Waals surface area contributed by atoms with Gasteiger partial charge in [0.1, 0.15) is 6.04 Å². The highest BCUT2D eigenvalue weighted by molar-refractivity contribution is 5.76. The third-order valence-corrected chi connectivity index (χ3v) is 1.86. The van der Waals surface area contributed by atoms with Crippen molar-refractivity contribution in [2.45, 2.75) is 25.8 Å². The van der Waals surface area contributed by atoms with Gasteiger partial charge in [0, 0.05) is 6.54 Å². The van der Waals surface area contributed by atoms with Crippen LogP contribution in [0.1, 0.15) is 19.8 Å². The van der Waals surface area contributed by atoms with Gasteiger partial charge in [-0.1, -0.05) is 0 Å². The van der Waals surface area contributed by atoms with E-state index in [0.29, 0.717) is 19.6 Å². The van der Waals surface area contributed by atoms with E-state index < -0.39 is 0 Å². The van der Waals surface area contributed by atoms with E-state index in [1.54, 1.807) is 14.0 Å². The van der Waals surface area contributed by atoms with Crippen molar-refractivity contribution in [2.75, 3.05) is 20.2 Å². The summed E-state index contributed by atoms with van der Waals surface area (Å²) in [6.07, 6.45) is 1.40. The molecule has 0 fully saturated rings. The van der Waals surface area contributed by atoms with Crippen LogP contribution in [0.3, 0.4) is 0 Å². The number of esters is 1. The number of hydrogen-bond acceptors (Lipinski definition) is 4. The molecule has 0 aromatic carbocycles. The lowest BCUT2D eigenvalue weighted by molar-refractivity contribution is -0.145. The fourth-order valence-corrected chi connectivity index (χ4v) is 1.13. The molecule has 0 aliphatic rings. The number of carbonyl (C=O) groups is 1. The Morgan fingerprint density at radius 1 is 1.53 bits per heavy atom. The van der Waals surface area contributed by atoms with Crippen LogP contribution in [0.2, 0.25) is 0 Å². The van der Waals surface area contributed by atoms with Crippen LogP contribution in [0.4, 0.5) is 0 Å². The average molecular weight is 216 g/mol. The van der Waals surface area contributed by atoms with Gasteiger partial charge in [-0.3, -0.25) is 9.79 Å². The molecule has 6 heteroatoms. The molecule has 0 spiro atoms. The van der Waals surface area contributed by atoms with Gasteiger partial charge in [-0.2, -0.15) is 0 Å². The van der Waals surface area contributed by atoms with E-state index in [1.807, 2.05) is 0 Å². The van der Waals surface area contributed by atoms with Crippen molar-refractivity contribution < 1.29 is 9.53 Å². The third kappa shape index (κ3) is 6.73. The summed E-state index contributed by atoms with van der Waals surface area (Å²) >= 11 is 0. The second kappa shape index (κ2) is 8.05. The average Bonchev–Trinajstić information content (AvgIpc) is 2.17. The molecule has 0 aromatic heterocycles. The van der Waals surface area contributed by atoms with E-state index in [9.17, 15) is 4.79 Å². The zero-order valence-corrected chi connectivity index (χ0v) is 9.32. The highest BCUT2D eigenvalue weighted by Gasteiger charge is 2.16. The molecule has 0 aliphatic carbocycles. The quantitative estimate of drug-likeness (QED) is 0.223. The van der Waals surface area contributed by atoms with Gasteiger partial charge in [-0.25, -0.2) is 0 Å². The zero-order valence-electron chi connectivity index (χ0n) is 9.32. The smallest absolute Gasteiger partial charge is 0.323 e. The summed E-state index contributed by atoms with van der Waals surface area (Å²) in [6, 6.07) is -0.279. The van der Waals surface area contributed by atoms with E-state index in [0.717, 1.165) is 6.42 Å². The number of hydrogen-bond donors (Lipinski definition) is 3. The Morgan fingerprint density at radius 2 is 2.20 bits per heavy atom. The Bertz CT molecular complexity index is 214. The predicted molar refractivity (Wildman–Crippen MR) is 59.4 cm³/mol. The predicted octanol–water partition coefficient (Wildman–Crippen LogP) is -0.809. The van der Waals surface area contributed by atoms with E-state index >= 15 is 0 Å². The normalized spacial score (nSPS) is 11.9. The maximum atomic E-state index is 11.3. The van der Waals surface area contributed by atoms with Crippen LogP contribution in [0.5, 0.6) is 0 Å². The Morgan fingerprint density at radius 3 is 2.67 bits per heavy atom. The van der Waals surface area contributed by atoms with E-state index in [2.05, 4.69) is 10.3 Å². The summed E-state index contributed by atoms with van der Waals surface area (Å²) in [5.41, 5.74) is 10.3. The second-order valence-corrected chi connectivity index (χ2v) is 3.04. The number of nitrogens with zero attached hydrogens (tertiary/aromatic N) is 1. The Hall–Kier alpha value is -1.30. The molecule has 15 heavy (non-hydrogen) atoms. The molecule has 0 unspecified atom stereocenters. The van der Waals surface area contributed by atoms with Crippen molar-refractivity contribution in [3.63, 3.8) is 0 Å². The maximum Gasteiger partial charge on any atom is 0.323 e. The minimum Gasteiger partial charge on any atom is -0.465 e. The molecule has 0 saturated heterocycles. The summed E-state index contributed by atoms with van der Waals surface area (Å²) in [5.74, 6) is -0.156. The fraction of sp³-hybridized carbons (Fsp3) is 0.778. The molecule has 0 saturated carbocycles. The summed E-state index contributed by atoms with van der Waals surface area (Å²) in [6.45, 7) is 2.70. The molecule has 0 aromatic rings. The molecule has 0 rings (SSSR count). The Balaban J connectivity index is 3.80. The molecule has 5 N–H and O–H groups in total. The summed E-state index contributed by atoms with van der Waals surface area (Å²) in [5, 5.41) is 2.89. The minimum absolute atomic E-state index is 0.0761. The molecule has 0 bridgehead atoms. The summed E-state index contributed by atoms with van der Waals surface area (Å²) in [4.78, 5) is 15.2. The number of aliphatic imine (C=N–C) groups is 1. The van der Waals surface area contributed by atoms with Crippen LogP contribution in [0.15, 0.2) is 4.99 Å². The number of guanidine groups is 1. The Labute approximate surface area is 90.1 Å². The molecule has 6 nitrogen and oxygen atoms in total. The first-order valence-electron chi connectivity index (χ1n) is 5.01. The number of nitrogens with one attached hydrogen (secondary N) is 1. The minimum atomic E-state index is -0.279. The van der Waals surface area contributed by atoms with Crippen molar-refractivity contribution in [2.24, 2.45) is 16.5 Å². The molecule has 0 heterocycles. The molecular formula is C9H20N4O2. The second-order valence-electron chi connectivity index (χ2n) is 3.04. The monoisotopic (exact) mass is 216 g/mol. The molecular weight excluding hydrogens is 196 g/mol. The highest BCUT2D eigenvalue weighted by Crippen LogP contribution is 1.99. The molecule has 0 aliphatic heterocycles. The van der Waals surface area contributed by atoms with Gasteiger partial charge in [0.2, 0.25) is 0 Å². The standard InChI is InChI=1S/C9H20N4O2/c1-3-15-8(14)7(12-2)5-4-6-13-9(10)11/h7,12H,3-6H2,1-2H3,(H4,10,11,13)/t7-/m0/s1. The topological polar surface area (TPSA) is 103 Å². The van der Waals surface area contributed by atoms with Gasteiger partial charge in [0.15, 0.2) is 5.96 Å². The molecule has 0 amide bonds. The highest BCUT2D eigenvalue weighted by atomic mass is 16.5. The number of carbonyl (C=O) groups excluding carboxylic acids is 1. The van der Waals surface area contributed by atoms with E-state index in [4.69, 9.17) is 16.2 Å².